The first-order chi connectivity index (χ1) is 7.58. The molecule has 0 spiro atoms. The Bertz CT molecular complexity index is 508. The van der Waals surface area contributed by atoms with Crippen molar-refractivity contribution >= 4 is 34.2 Å². The fourth-order valence-electron chi connectivity index (χ4n) is 1.42. The number of nitrogens with zero attached hydrogens (tertiary/aromatic N) is 2. The summed E-state index contributed by atoms with van der Waals surface area (Å²) in [6.45, 7) is 1.93. The van der Waals surface area contributed by atoms with E-state index in [4.69, 9.17) is 17.3 Å². The maximum Gasteiger partial charge on any atom is 0.0832 e. The van der Waals surface area contributed by atoms with Crippen LogP contribution in [-0.2, 0) is 0 Å². The number of aromatic nitrogens is 2. The quantitative estimate of drug-likeness (QED) is 0.848. The predicted octanol–water partition coefficient (Wildman–Crippen LogP) is 3.15. The van der Waals surface area contributed by atoms with E-state index in [1.165, 1.54) is 0 Å². The second kappa shape index (κ2) is 4.73. The Hall–Kier alpha value is -0.590. The molecule has 1 heterocycles. The van der Waals surface area contributed by atoms with Crippen LogP contribution in [0.2, 0.25) is 5.02 Å². The van der Waals surface area contributed by atoms with Gasteiger partial charge in [0.05, 0.1) is 20.5 Å². The van der Waals surface area contributed by atoms with Gasteiger partial charge in [0.1, 0.15) is 0 Å². The van der Waals surface area contributed by atoms with Crippen LogP contribution in [0, 0.1) is 3.57 Å². The molecule has 0 saturated carbocycles. The van der Waals surface area contributed by atoms with E-state index in [1.807, 2.05) is 31.3 Å². The molecule has 1 atom stereocenters. The molecule has 3 nitrogen and oxygen atoms in total. The Morgan fingerprint density at radius 1 is 1.50 bits per heavy atom. The van der Waals surface area contributed by atoms with Crippen LogP contribution in [-0.4, -0.2) is 9.78 Å². The minimum atomic E-state index is -0.00990. The van der Waals surface area contributed by atoms with E-state index in [-0.39, 0.29) is 6.04 Å². The zero-order chi connectivity index (χ0) is 11.7. The molecule has 0 aliphatic heterocycles. The SMILES string of the molecule is C[C@@H](N)c1ccc(-n2cc(I)cn2)c(Cl)c1. The summed E-state index contributed by atoms with van der Waals surface area (Å²) in [7, 11) is 0. The van der Waals surface area contributed by atoms with Gasteiger partial charge in [0.2, 0.25) is 0 Å². The van der Waals surface area contributed by atoms with Crippen molar-refractivity contribution in [2.24, 2.45) is 5.73 Å². The van der Waals surface area contributed by atoms with Gasteiger partial charge in [-0.05, 0) is 47.2 Å². The average Bonchev–Trinajstić information content (AvgIpc) is 2.64. The molecule has 0 radical (unpaired) electrons. The van der Waals surface area contributed by atoms with E-state index >= 15 is 0 Å². The van der Waals surface area contributed by atoms with Crippen LogP contribution in [0.1, 0.15) is 18.5 Å². The summed E-state index contributed by atoms with van der Waals surface area (Å²) < 4.78 is 2.83. The van der Waals surface area contributed by atoms with Crippen molar-refractivity contribution in [2.75, 3.05) is 0 Å². The van der Waals surface area contributed by atoms with Crippen LogP contribution in [0.5, 0.6) is 0 Å². The minimum Gasteiger partial charge on any atom is -0.324 e. The van der Waals surface area contributed by atoms with Crippen molar-refractivity contribution in [2.45, 2.75) is 13.0 Å². The lowest BCUT2D eigenvalue weighted by Gasteiger charge is -2.09. The molecule has 2 rings (SSSR count). The van der Waals surface area contributed by atoms with Crippen LogP contribution in [0.25, 0.3) is 5.69 Å². The Balaban J connectivity index is 2.44. The molecule has 16 heavy (non-hydrogen) atoms. The second-order valence-electron chi connectivity index (χ2n) is 3.60. The van der Waals surface area contributed by atoms with E-state index in [0.29, 0.717) is 5.02 Å². The summed E-state index contributed by atoms with van der Waals surface area (Å²) in [5.74, 6) is 0. The summed E-state index contributed by atoms with van der Waals surface area (Å²) in [4.78, 5) is 0. The minimum absolute atomic E-state index is 0.00990. The lowest BCUT2D eigenvalue weighted by molar-refractivity contribution is 0.814. The van der Waals surface area contributed by atoms with Gasteiger partial charge >= 0.3 is 0 Å². The Morgan fingerprint density at radius 2 is 2.25 bits per heavy atom. The highest BCUT2D eigenvalue weighted by atomic mass is 127. The molecule has 0 fully saturated rings. The molecule has 1 aromatic heterocycles. The highest BCUT2D eigenvalue weighted by molar-refractivity contribution is 14.1. The van der Waals surface area contributed by atoms with Gasteiger partial charge in [0.25, 0.3) is 0 Å². The van der Waals surface area contributed by atoms with Gasteiger partial charge in [-0.3, -0.25) is 0 Å². The van der Waals surface area contributed by atoms with E-state index in [2.05, 4.69) is 27.7 Å². The first-order valence-corrected chi connectivity index (χ1v) is 6.29. The summed E-state index contributed by atoms with van der Waals surface area (Å²) in [6, 6.07) is 5.78. The van der Waals surface area contributed by atoms with Crippen molar-refractivity contribution in [3.8, 4) is 5.69 Å². The maximum absolute atomic E-state index is 6.20. The van der Waals surface area contributed by atoms with Gasteiger partial charge in [-0.2, -0.15) is 5.10 Å². The predicted molar refractivity (Wildman–Crippen MR) is 73.9 cm³/mol. The topological polar surface area (TPSA) is 43.8 Å². The zero-order valence-electron chi connectivity index (χ0n) is 8.69. The number of benzene rings is 1. The third-order valence-electron chi connectivity index (χ3n) is 2.30. The first kappa shape index (κ1) is 11.9. The Morgan fingerprint density at radius 3 is 2.75 bits per heavy atom. The smallest absolute Gasteiger partial charge is 0.0832 e. The first-order valence-electron chi connectivity index (χ1n) is 4.83. The largest absolute Gasteiger partial charge is 0.324 e. The summed E-state index contributed by atoms with van der Waals surface area (Å²) in [5, 5.41) is 4.88. The standard InChI is InChI=1S/C11H11ClIN3/c1-7(14)8-2-3-11(10(12)4-8)16-6-9(13)5-15-16/h2-7H,14H2,1H3/t7-/m1/s1. The van der Waals surface area contributed by atoms with E-state index < -0.39 is 0 Å². The van der Waals surface area contributed by atoms with Crippen LogP contribution in [0.3, 0.4) is 0 Å². The monoisotopic (exact) mass is 347 g/mol. The second-order valence-corrected chi connectivity index (χ2v) is 5.26. The molecule has 84 valence electrons. The van der Waals surface area contributed by atoms with Crippen LogP contribution < -0.4 is 5.73 Å². The third kappa shape index (κ3) is 2.39. The Labute approximate surface area is 113 Å². The number of hydrogen-bond donors (Lipinski definition) is 1. The average molecular weight is 348 g/mol. The van der Waals surface area contributed by atoms with Gasteiger partial charge in [-0.25, -0.2) is 4.68 Å². The van der Waals surface area contributed by atoms with Crippen molar-refractivity contribution in [1.29, 1.82) is 0 Å². The van der Waals surface area contributed by atoms with E-state index in [0.717, 1.165) is 14.8 Å². The molecule has 2 N–H and O–H groups in total. The molecule has 0 aliphatic carbocycles. The fraction of sp³-hybridized carbons (Fsp3) is 0.182. The van der Waals surface area contributed by atoms with Gasteiger partial charge in [-0.1, -0.05) is 17.7 Å². The molecular weight excluding hydrogens is 336 g/mol. The van der Waals surface area contributed by atoms with Crippen molar-refractivity contribution in [3.63, 3.8) is 0 Å². The zero-order valence-corrected chi connectivity index (χ0v) is 11.6. The summed E-state index contributed by atoms with van der Waals surface area (Å²) in [6.07, 6.45) is 3.71. The number of rotatable bonds is 2. The molecule has 0 aliphatic rings. The normalized spacial score (nSPS) is 12.8. The third-order valence-corrected chi connectivity index (χ3v) is 3.16. The molecule has 1 aromatic carbocycles. The molecule has 0 saturated heterocycles. The van der Waals surface area contributed by atoms with Gasteiger partial charge in [-0.15, -0.1) is 0 Å². The molecular formula is C11H11ClIN3. The van der Waals surface area contributed by atoms with Crippen molar-refractivity contribution in [1.82, 2.24) is 9.78 Å². The number of halogens is 2. The lowest BCUT2D eigenvalue weighted by Crippen LogP contribution is -2.05. The molecule has 0 unspecified atom stereocenters. The van der Waals surface area contributed by atoms with Gasteiger partial charge in [0, 0.05) is 12.2 Å². The highest BCUT2D eigenvalue weighted by Crippen LogP contribution is 2.24. The van der Waals surface area contributed by atoms with Crippen molar-refractivity contribution < 1.29 is 0 Å². The van der Waals surface area contributed by atoms with Crippen LogP contribution in [0.15, 0.2) is 30.6 Å². The van der Waals surface area contributed by atoms with Crippen molar-refractivity contribution in [3.05, 3.63) is 44.7 Å². The number of hydrogen-bond acceptors (Lipinski definition) is 2. The summed E-state index contributed by atoms with van der Waals surface area (Å²) >= 11 is 8.41. The van der Waals surface area contributed by atoms with Gasteiger partial charge in [0.15, 0.2) is 0 Å². The fourth-order valence-corrected chi connectivity index (χ4v) is 2.09. The van der Waals surface area contributed by atoms with Crippen LogP contribution >= 0.6 is 34.2 Å². The van der Waals surface area contributed by atoms with Crippen LogP contribution in [0.4, 0.5) is 0 Å². The highest BCUT2D eigenvalue weighted by Gasteiger charge is 2.07. The summed E-state index contributed by atoms with van der Waals surface area (Å²) in [5.41, 5.74) is 7.69. The maximum atomic E-state index is 6.20. The molecule has 0 bridgehead atoms. The number of nitrogens with two attached hydrogens (primary N) is 1. The van der Waals surface area contributed by atoms with Gasteiger partial charge < -0.3 is 5.73 Å². The molecule has 2 aromatic rings. The molecule has 5 heteroatoms. The molecule has 0 amide bonds. The van der Waals surface area contributed by atoms with E-state index in [1.54, 1.807) is 10.9 Å². The Kier molecular flexibility index (Phi) is 3.51. The lowest BCUT2D eigenvalue weighted by atomic mass is 10.1. The van der Waals surface area contributed by atoms with E-state index in [9.17, 15) is 0 Å².